The van der Waals surface area contributed by atoms with E-state index >= 15 is 0 Å². The first-order chi connectivity index (χ1) is 4.04. The average Bonchev–Trinajstić information content (AvgIpc) is 1.63. The van der Waals surface area contributed by atoms with Crippen molar-refractivity contribution in [2.24, 2.45) is 0 Å². The van der Waals surface area contributed by atoms with Gasteiger partial charge in [0.05, 0.1) is 5.70 Å². The van der Waals surface area contributed by atoms with Crippen molar-refractivity contribution in [3.8, 4) is 0 Å². The molecule has 0 amide bonds. The van der Waals surface area contributed by atoms with Gasteiger partial charge in [-0.05, 0) is 6.92 Å². The van der Waals surface area contributed by atoms with Crippen LogP contribution in [0.2, 0.25) is 0 Å². The van der Waals surface area contributed by atoms with Crippen molar-refractivity contribution in [2.75, 3.05) is 0 Å². The molecule has 0 aromatic rings. The van der Waals surface area contributed by atoms with Gasteiger partial charge >= 0.3 is 0 Å². The van der Waals surface area contributed by atoms with Crippen LogP contribution in [-0.2, 0) is 0 Å². The van der Waals surface area contributed by atoms with Crippen LogP contribution < -0.4 is 5.32 Å². The molecule has 0 heterocycles. The predicted molar refractivity (Wildman–Crippen MR) is 37.3 cm³/mol. The van der Waals surface area contributed by atoms with Gasteiger partial charge in [-0.1, -0.05) is 19.7 Å². The van der Waals surface area contributed by atoms with E-state index in [1.807, 2.05) is 0 Å². The number of hydrogen-bond acceptors (Lipinski definition) is 1. The molecule has 0 aliphatic heterocycles. The minimum atomic E-state index is -0.557. The Bertz CT molecular complexity index is 158. The van der Waals surface area contributed by atoms with Crippen LogP contribution >= 0.6 is 0 Å². The molecule has 0 saturated carbocycles. The van der Waals surface area contributed by atoms with Gasteiger partial charge in [0.2, 0.25) is 0 Å². The van der Waals surface area contributed by atoms with Gasteiger partial charge in [-0.2, -0.15) is 0 Å². The summed E-state index contributed by atoms with van der Waals surface area (Å²) in [7, 11) is 0. The van der Waals surface area contributed by atoms with E-state index in [9.17, 15) is 4.39 Å². The van der Waals surface area contributed by atoms with E-state index in [1.54, 1.807) is 6.92 Å². The fourth-order valence-corrected chi connectivity index (χ4v) is 0.325. The molecule has 0 fully saturated rings. The molecule has 0 aromatic heterocycles. The van der Waals surface area contributed by atoms with Crippen molar-refractivity contribution < 1.29 is 4.39 Å². The normalized spacial score (nSPS) is 8.22. The molecule has 0 saturated heterocycles. The summed E-state index contributed by atoms with van der Waals surface area (Å²) in [5.41, 5.74) is 0.821. The molecule has 1 N–H and O–H groups in total. The second kappa shape index (κ2) is 3.07. The smallest absolute Gasteiger partial charge is 0.138 e. The minimum Gasteiger partial charge on any atom is -0.358 e. The van der Waals surface area contributed by atoms with Gasteiger partial charge in [0.15, 0.2) is 0 Å². The van der Waals surface area contributed by atoms with E-state index in [1.165, 1.54) is 0 Å². The van der Waals surface area contributed by atoms with E-state index in [0.717, 1.165) is 0 Å². The lowest BCUT2D eigenvalue weighted by atomic mass is 10.4. The maximum atomic E-state index is 12.1. The molecular formula is C7H10FN. The standard InChI is InChI=1S/C7H10FN/c1-5(2)9-7(4)6(3)8/h9H,1,3-4H2,2H3. The zero-order valence-corrected chi connectivity index (χ0v) is 5.50. The molecule has 0 unspecified atom stereocenters. The molecular weight excluding hydrogens is 117 g/mol. The summed E-state index contributed by atoms with van der Waals surface area (Å²) in [6, 6.07) is 0. The van der Waals surface area contributed by atoms with Gasteiger partial charge < -0.3 is 5.32 Å². The van der Waals surface area contributed by atoms with Crippen LogP contribution in [0.1, 0.15) is 6.92 Å². The van der Waals surface area contributed by atoms with Gasteiger partial charge in [0.25, 0.3) is 0 Å². The molecule has 50 valence electrons. The van der Waals surface area contributed by atoms with Gasteiger partial charge in [0.1, 0.15) is 5.83 Å². The number of hydrogen-bond donors (Lipinski definition) is 1. The number of rotatable bonds is 3. The molecule has 1 nitrogen and oxygen atoms in total. The Kier molecular flexibility index (Phi) is 2.71. The van der Waals surface area contributed by atoms with Crippen LogP contribution in [0.4, 0.5) is 4.39 Å². The molecule has 2 heteroatoms. The minimum absolute atomic E-state index is 0.169. The maximum absolute atomic E-state index is 12.1. The fraction of sp³-hybridized carbons (Fsp3) is 0.143. The Labute approximate surface area is 54.6 Å². The van der Waals surface area contributed by atoms with Gasteiger partial charge in [-0.25, -0.2) is 4.39 Å². The maximum Gasteiger partial charge on any atom is 0.138 e. The van der Waals surface area contributed by atoms with Crippen LogP contribution in [0.15, 0.2) is 37.0 Å². The van der Waals surface area contributed by atoms with Crippen LogP contribution in [0, 0.1) is 0 Å². The number of nitrogens with one attached hydrogen (secondary N) is 1. The van der Waals surface area contributed by atoms with E-state index in [0.29, 0.717) is 5.70 Å². The molecule has 0 radical (unpaired) electrons. The zero-order valence-electron chi connectivity index (χ0n) is 5.50. The summed E-state index contributed by atoms with van der Waals surface area (Å²) in [5.74, 6) is -0.557. The van der Waals surface area contributed by atoms with Crippen LogP contribution in [0.5, 0.6) is 0 Å². The van der Waals surface area contributed by atoms with E-state index < -0.39 is 5.83 Å². The van der Waals surface area contributed by atoms with Crippen LogP contribution in [0.25, 0.3) is 0 Å². The Morgan fingerprint density at radius 3 is 1.89 bits per heavy atom. The molecule has 0 aliphatic carbocycles. The van der Waals surface area contributed by atoms with Crippen molar-refractivity contribution in [2.45, 2.75) is 6.92 Å². The Morgan fingerprint density at radius 2 is 1.78 bits per heavy atom. The highest BCUT2D eigenvalue weighted by Crippen LogP contribution is 2.02. The van der Waals surface area contributed by atoms with Crippen molar-refractivity contribution in [3.63, 3.8) is 0 Å². The molecule has 0 aliphatic rings. The molecule has 0 rings (SSSR count). The van der Waals surface area contributed by atoms with E-state index in [-0.39, 0.29) is 5.70 Å². The second-order valence-corrected chi connectivity index (χ2v) is 1.79. The summed E-state index contributed by atoms with van der Waals surface area (Å²) in [6.45, 7) is 11.6. The number of halogens is 1. The lowest BCUT2D eigenvalue weighted by Crippen LogP contribution is -2.07. The van der Waals surface area contributed by atoms with Crippen molar-refractivity contribution >= 4 is 0 Å². The monoisotopic (exact) mass is 127 g/mol. The third kappa shape index (κ3) is 3.53. The molecule has 0 atom stereocenters. The van der Waals surface area contributed by atoms with Crippen molar-refractivity contribution in [1.29, 1.82) is 0 Å². The summed E-state index contributed by atoms with van der Waals surface area (Å²) >= 11 is 0. The Morgan fingerprint density at radius 1 is 1.33 bits per heavy atom. The lowest BCUT2D eigenvalue weighted by Gasteiger charge is -2.03. The SMILES string of the molecule is C=C(C)NC(=C)C(=C)F. The van der Waals surface area contributed by atoms with Crippen LogP contribution in [-0.4, -0.2) is 0 Å². The predicted octanol–water partition coefficient (Wildman–Crippen LogP) is 2.11. The summed E-state index contributed by atoms with van der Waals surface area (Å²) in [5, 5.41) is 2.58. The zero-order chi connectivity index (χ0) is 7.44. The first kappa shape index (κ1) is 7.95. The van der Waals surface area contributed by atoms with Crippen molar-refractivity contribution in [3.05, 3.63) is 37.0 Å². The lowest BCUT2D eigenvalue weighted by molar-refractivity contribution is 0.640. The highest BCUT2D eigenvalue weighted by molar-refractivity contribution is 5.19. The van der Waals surface area contributed by atoms with Crippen LogP contribution in [0.3, 0.4) is 0 Å². The molecule has 9 heavy (non-hydrogen) atoms. The quantitative estimate of drug-likeness (QED) is 0.572. The van der Waals surface area contributed by atoms with Gasteiger partial charge in [-0.3, -0.25) is 0 Å². The fourth-order valence-electron chi connectivity index (χ4n) is 0.325. The Hall–Kier alpha value is -1.05. The third-order valence-corrected chi connectivity index (χ3v) is 0.692. The highest BCUT2D eigenvalue weighted by atomic mass is 19.1. The van der Waals surface area contributed by atoms with Gasteiger partial charge in [-0.15, -0.1) is 0 Å². The topological polar surface area (TPSA) is 12.0 Å². The number of allylic oxidation sites excluding steroid dienone is 2. The average molecular weight is 127 g/mol. The van der Waals surface area contributed by atoms with E-state index in [2.05, 4.69) is 25.1 Å². The molecule has 0 aromatic carbocycles. The second-order valence-electron chi connectivity index (χ2n) is 1.79. The third-order valence-electron chi connectivity index (χ3n) is 0.692. The molecule has 0 spiro atoms. The molecule has 0 bridgehead atoms. The van der Waals surface area contributed by atoms with Crippen molar-refractivity contribution in [1.82, 2.24) is 5.32 Å². The Balaban J connectivity index is 3.79. The highest BCUT2D eigenvalue weighted by Gasteiger charge is 1.94. The summed E-state index contributed by atoms with van der Waals surface area (Å²) in [4.78, 5) is 0. The first-order valence-electron chi connectivity index (χ1n) is 2.50. The largest absolute Gasteiger partial charge is 0.358 e. The first-order valence-corrected chi connectivity index (χ1v) is 2.50. The van der Waals surface area contributed by atoms with Gasteiger partial charge in [0, 0.05) is 5.70 Å². The van der Waals surface area contributed by atoms with E-state index in [4.69, 9.17) is 0 Å². The summed E-state index contributed by atoms with van der Waals surface area (Å²) < 4.78 is 12.1. The summed E-state index contributed by atoms with van der Waals surface area (Å²) in [6.07, 6.45) is 0.